The second kappa shape index (κ2) is 14.2. The molecule has 0 aliphatic heterocycles. The Labute approximate surface area is 114 Å². The van der Waals surface area contributed by atoms with E-state index >= 15 is 0 Å². The predicted octanol–water partition coefficient (Wildman–Crippen LogP) is 4.55. The van der Waals surface area contributed by atoms with Crippen LogP contribution in [0.15, 0.2) is 0 Å². The third kappa shape index (κ3) is 9.20. The van der Waals surface area contributed by atoms with E-state index < -0.39 is 0 Å². The van der Waals surface area contributed by atoms with Crippen LogP contribution in [0.4, 0.5) is 0 Å². The normalized spacial score (nSPS) is 9.06. The molecule has 1 rings (SSSR count). The number of hydrogen-bond donors (Lipinski definition) is 0. The maximum atomic E-state index is 4.14. The Balaban J connectivity index is 0. The highest BCUT2D eigenvalue weighted by Gasteiger charge is 2.07. The van der Waals surface area contributed by atoms with Gasteiger partial charge in [0.05, 0.1) is 11.4 Å². The van der Waals surface area contributed by atoms with Crippen LogP contribution in [-0.2, 0) is 19.9 Å². The van der Waals surface area contributed by atoms with Gasteiger partial charge >= 0.3 is 0 Å². The highest BCUT2D eigenvalue weighted by molar-refractivity contribution is 5.09. The number of aromatic nitrogens is 3. The summed E-state index contributed by atoms with van der Waals surface area (Å²) in [5, 5.41) is 8.16. The minimum atomic E-state index is 1.06. The van der Waals surface area contributed by atoms with Gasteiger partial charge in [0.15, 0.2) is 0 Å². The topological polar surface area (TPSA) is 30.7 Å². The van der Waals surface area contributed by atoms with Gasteiger partial charge in [0.1, 0.15) is 0 Å². The van der Waals surface area contributed by atoms with Crippen LogP contribution in [0.1, 0.15) is 78.6 Å². The van der Waals surface area contributed by atoms with Gasteiger partial charge in [-0.3, -0.25) is 4.68 Å². The molecular weight excluding hydrogens is 222 g/mol. The van der Waals surface area contributed by atoms with Crippen LogP contribution in [0.25, 0.3) is 0 Å². The van der Waals surface area contributed by atoms with Gasteiger partial charge < -0.3 is 0 Å². The Hall–Kier alpha value is -0.860. The van der Waals surface area contributed by atoms with Crippen LogP contribution < -0.4 is 0 Å². The molecule has 0 saturated carbocycles. The lowest BCUT2D eigenvalue weighted by Gasteiger charge is -2.00. The number of hydrogen-bond acceptors (Lipinski definition) is 2. The van der Waals surface area contributed by atoms with Gasteiger partial charge in [-0.1, -0.05) is 72.4 Å². The second-order valence-corrected chi connectivity index (χ2v) is 4.52. The fourth-order valence-electron chi connectivity index (χ4n) is 1.39. The Kier molecular flexibility index (Phi) is 15.4. The second-order valence-electron chi connectivity index (χ2n) is 4.52. The first-order chi connectivity index (χ1) is 8.62. The van der Waals surface area contributed by atoms with Crippen molar-refractivity contribution in [1.82, 2.24) is 15.0 Å². The van der Waals surface area contributed by atoms with Crippen LogP contribution in [-0.4, -0.2) is 15.0 Å². The van der Waals surface area contributed by atoms with E-state index in [1.807, 2.05) is 11.7 Å². The molecule has 108 valence electrons. The van der Waals surface area contributed by atoms with Crippen molar-refractivity contribution >= 4 is 0 Å². The molecule has 0 unspecified atom stereocenters. The Morgan fingerprint density at radius 1 is 0.833 bits per heavy atom. The van der Waals surface area contributed by atoms with Gasteiger partial charge in [-0.25, -0.2) is 0 Å². The first kappa shape index (κ1) is 19.5. The highest BCUT2D eigenvalue weighted by Crippen LogP contribution is 2.08. The molecule has 0 aliphatic rings. The van der Waals surface area contributed by atoms with E-state index in [1.165, 1.54) is 24.2 Å². The maximum Gasteiger partial charge on any atom is 0.0858 e. The van der Waals surface area contributed by atoms with Gasteiger partial charge in [-0.2, -0.15) is 0 Å². The van der Waals surface area contributed by atoms with Crippen LogP contribution in [0.5, 0.6) is 0 Å². The molecule has 0 aliphatic carbocycles. The number of rotatable bonds is 4. The summed E-state index contributed by atoms with van der Waals surface area (Å²) >= 11 is 0. The highest BCUT2D eigenvalue weighted by atomic mass is 15.4. The molecule has 0 radical (unpaired) electrons. The molecule has 0 atom stereocenters. The zero-order valence-electron chi connectivity index (χ0n) is 13.6. The number of nitrogens with zero attached hydrogens (tertiary/aromatic N) is 3. The molecule has 0 saturated heterocycles. The standard InChI is InChI=1S/C9H17N3.2C3H8/c1-4-6-8-9(7-5-2)12(3)11-10-8;2*1-3-2/h4-7H2,1-3H3;2*3H2,1-2H3. The molecule has 0 spiro atoms. The predicted molar refractivity (Wildman–Crippen MR) is 80.9 cm³/mol. The van der Waals surface area contributed by atoms with Crippen LogP contribution in [0, 0.1) is 0 Å². The first-order valence-electron chi connectivity index (χ1n) is 7.49. The summed E-state index contributed by atoms with van der Waals surface area (Å²) in [5.41, 5.74) is 2.49. The first-order valence-corrected chi connectivity index (χ1v) is 7.49. The van der Waals surface area contributed by atoms with Crippen molar-refractivity contribution in [3.63, 3.8) is 0 Å². The van der Waals surface area contributed by atoms with Crippen LogP contribution in [0.2, 0.25) is 0 Å². The summed E-state index contributed by atoms with van der Waals surface area (Å²) in [6.45, 7) is 12.9. The van der Waals surface area contributed by atoms with Gasteiger partial charge in [0, 0.05) is 7.05 Å². The summed E-state index contributed by atoms with van der Waals surface area (Å²) in [5.74, 6) is 0. The minimum absolute atomic E-state index is 1.06. The summed E-state index contributed by atoms with van der Waals surface area (Å²) in [6, 6.07) is 0. The SMILES string of the molecule is CCC.CCC.CCCc1nnn(C)c1CCC. The third-order valence-electron chi connectivity index (χ3n) is 2.00. The Morgan fingerprint density at radius 3 is 1.67 bits per heavy atom. The lowest BCUT2D eigenvalue weighted by Crippen LogP contribution is -2.00. The maximum absolute atomic E-state index is 4.14. The summed E-state index contributed by atoms with van der Waals surface area (Å²) < 4.78 is 1.90. The molecule has 0 fully saturated rings. The summed E-state index contributed by atoms with van der Waals surface area (Å²) in [4.78, 5) is 0. The van der Waals surface area contributed by atoms with Gasteiger partial charge in [0.2, 0.25) is 0 Å². The molecule has 0 amide bonds. The molecule has 0 N–H and O–H groups in total. The monoisotopic (exact) mass is 255 g/mol. The van der Waals surface area contributed by atoms with Crippen molar-refractivity contribution < 1.29 is 0 Å². The van der Waals surface area contributed by atoms with Gasteiger partial charge in [0.25, 0.3) is 0 Å². The molecule has 18 heavy (non-hydrogen) atoms. The molecule has 1 heterocycles. The Morgan fingerprint density at radius 2 is 1.28 bits per heavy atom. The molecule has 0 aromatic carbocycles. The van der Waals surface area contributed by atoms with Gasteiger partial charge in [-0.05, 0) is 12.8 Å². The Bertz CT molecular complexity index is 265. The van der Waals surface area contributed by atoms with Crippen molar-refractivity contribution in [3.8, 4) is 0 Å². The van der Waals surface area contributed by atoms with Crippen molar-refractivity contribution in [2.24, 2.45) is 7.05 Å². The molecule has 1 aromatic rings. The summed E-state index contributed by atoms with van der Waals surface area (Å²) in [6.07, 6.45) is 6.97. The largest absolute Gasteiger partial charge is 0.252 e. The van der Waals surface area contributed by atoms with E-state index in [9.17, 15) is 0 Å². The fraction of sp³-hybridized carbons (Fsp3) is 0.867. The molecular formula is C15H33N3. The lowest BCUT2D eigenvalue weighted by atomic mass is 10.1. The quantitative estimate of drug-likeness (QED) is 0.790. The van der Waals surface area contributed by atoms with E-state index in [0.717, 1.165) is 25.7 Å². The van der Waals surface area contributed by atoms with Gasteiger partial charge in [-0.15, -0.1) is 5.10 Å². The minimum Gasteiger partial charge on any atom is -0.252 e. The molecule has 0 bridgehead atoms. The third-order valence-corrected chi connectivity index (χ3v) is 2.00. The van der Waals surface area contributed by atoms with E-state index in [0.29, 0.717) is 0 Å². The van der Waals surface area contributed by atoms with Crippen LogP contribution in [0.3, 0.4) is 0 Å². The molecule has 3 nitrogen and oxygen atoms in total. The van der Waals surface area contributed by atoms with E-state index in [1.54, 1.807) is 0 Å². The van der Waals surface area contributed by atoms with Crippen molar-refractivity contribution in [2.45, 2.75) is 80.1 Å². The number of aryl methyl sites for hydroxylation is 2. The fourth-order valence-corrected chi connectivity index (χ4v) is 1.39. The average molecular weight is 255 g/mol. The van der Waals surface area contributed by atoms with Crippen molar-refractivity contribution in [1.29, 1.82) is 0 Å². The van der Waals surface area contributed by atoms with Crippen molar-refractivity contribution in [3.05, 3.63) is 11.4 Å². The average Bonchev–Trinajstić information content (AvgIpc) is 2.65. The smallest absolute Gasteiger partial charge is 0.0858 e. The van der Waals surface area contributed by atoms with Crippen molar-refractivity contribution in [2.75, 3.05) is 0 Å². The van der Waals surface area contributed by atoms with E-state index in [2.05, 4.69) is 51.9 Å². The molecule has 1 aromatic heterocycles. The zero-order chi connectivity index (χ0) is 14.4. The summed E-state index contributed by atoms with van der Waals surface area (Å²) in [7, 11) is 1.97. The van der Waals surface area contributed by atoms with E-state index in [4.69, 9.17) is 0 Å². The van der Waals surface area contributed by atoms with E-state index in [-0.39, 0.29) is 0 Å². The lowest BCUT2D eigenvalue weighted by molar-refractivity contribution is 0.669. The van der Waals surface area contributed by atoms with Crippen LogP contribution >= 0.6 is 0 Å². The molecule has 3 heteroatoms. The zero-order valence-corrected chi connectivity index (χ0v) is 13.6.